The van der Waals surface area contributed by atoms with E-state index in [1.165, 1.54) is 0 Å². The molecule has 0 aromatic heterocycles. The first-order valence-electron chi connectivity index (χ1n) is 6.40. The molecule has 0 aromatic rings. The van der Waals surface area contributed by atoms with Gasteiger partial charge in [-0.25, -0.2) is 4.79 Å². The first-order valence-corrected chi connectivity index (χ1v) is 7.45. The third-order valence-electron chi connectivity index (χ3n) is 3.40. The van der Waals surface area contributed by atoms with Crippen molar-refractivity contribution in [2.24, 2.45) is 0 Å². The fourth-order valence-electron chi connectivity index (χ4n) is 2.41. The van der Waals surface area contributed by atoms with Crippen molar-refractivity contribution >= 4 is 23.6 Å². The van der Waals surface area contributed by atoms with Crippen LogP contribution in [0.15, 0.2) is 0 Å². The Hall–Kier alpha value is -0.750. The summed E-state index contributed by atoms with van der Waals surface area (Å²) in [6.45, 7) is 1.15. The molecule has 0 aliphatic carbocycles. The molecular weight excluding hydrogens is 254 g/mol. The summed E-state index contributed by atoms with van der Waals surface area (Å²) in [4.78, 5) is 24.4. The molecule has 2 heterocycles. The third kappa shape index (κ3) is 3.62. The van der Waals surface area contributed by atoms with Crippen LogP contribution in [0, 0.1) is 0 Å². The molecule has 0 spiro atoms. The Morgan fingerprint density at radius 3 is 2.56 bits per heavy atom. The lowest BCUT2D eigenvalue weighted by atomic mass is 10.1. The van der Waals surface area contributed by atoms with Gasteiger partial charge in [0.1, 0.15) is 6.61 Å². The van der Waals surface area contributed by atoms with E-state index in [0.717, 1.165) is 31.4 Å². The number of hydrogen-bond donors (Lipinski definition) is 1. The molecule has 1 atom stereocenters. The lowest BCUT2D eigenvalue weighted by Gasteiger charge is -2.33. The van der Waals surface area contributed by atoms with E-state index in [2.05, 4.69) is 0 Å². The fraction of sp³-hybridized carbons (Fsp3) is 0.833. The third-order valence-corrected chi connectivity index (χ3v) is 4.77. The number of carboxylic acids is 1. The second-order valence-corrected chi connectivity index (χ2v) is 6.04. The number of hydrogen-bond acceptors (Lipinski definition) is 4. The van der Waals surface area contributed by atoms with E-state index < -0.39 is 5.97 Å². The predicted molar refractivity (Wildman–Crippen MR) is 68.7 cm³/mol. The average molecular weight is 273 g/mol. The van der Waals surface area contributed by atoms with E-state index in [1.807, 2.05) is 4.90 Å². The molecule has 5 nitrogen and oxygen atoms in total. The number of ether oxygens (including phenoxy) is 1. The number of carbonyl (C=O) groups is 2. The number of aliphatic carboxylic acids is 1. The molecule has 2 rings (SSSR count). The van der Waals surface area contributed by atoms with Crippen LogP contribution in [0.4, 0.5) is 0 Å². The van der Waals surface area contributed by atoms with Gasteiger partial charge in [-0.3, -0.25) is 4.79 Å². The standard InChI is InChI=1S/C12H19NO4S/c14-11(15)8-17-9-3-5-13(6-4-9)12(16)10-2-1-7-18-10/h9-10H,1-8H2,(H,14,15). The van der Waals surface area contributed by atoms with Crippen molar-refractivity contribution < 1.29 is 19.4 Å². The Labute approximate surface area is 111 Å². The summed E-state index contributed by atoms with van der Waals surface area (Å²) < 4.78 is 5.26. The highest BCUT2D eigenvalue weighted by molar-refractivity contribution is 8.00. The molecule has 0 aromatic carbocycles. The van der Waals surface area contributed by atoms with Gasteiger partial charge < -0.3 is 14.7 Å². The molecule has 0 saturated carbocycles. The van der Waals surface area contributed by atoms with E-state index in [4.69, 9.17) is 9.84 Å². The minimum Gasteiger partial charge on any atom is -0.480 e. The van der Waals surface area contributed by atoms with Crippen molar-refractivity contribution in [3.8, 4) is 0 Å². The van der Waals surface area contributed by atoms with Gasteiger partial charge in [-0.05, 0) is 31.4 Å². The minimum absolute atomic E-state index is 0.0126. The summed E-state index contributed by atoms with van der Waals surface area (Å²) in [5.74, 6) is 0.416. The van der Waals surface area contributed by atoms with E-state index in [0.29, 0.717) is 13.1 Å². The zero-order chi connectivity index (χ0) is 13.0. The largest absolute Gasteiger partial charge is 0.480 e. The number of nitrogens with zero attached hydrogens (tertiary/aromatic N) is 1. The summed E-state index contributed by atoms with van der Waals surface area (Å²) in [6, 6.07) is 0. The summed E-state index contributed by atoms with van der Waals surface area (Å²) >= 11 is 1.76. The smallest absolute Gasteiger partial charge is 0.329 e. The summed E-state index contributed by atoms with van der Waals surface area (Å²) in [5.41, 5.74) is 0. The number of rotatable bonds is 4. The van der Waals surface area contributed by atoms with Crippen LogP contribution in [0.1, 0.15) is 25.7 Å². The van der Waals surface area contributed by atoms with Crippen molar-refractivity contribution in [2.45, 2.75) is 37.0 Å². The van der Waals surface area contributed by atoms with Gasteiger partial charge in [0.25, 0.3) is 0 Å². The van der Waals surface area contributed by atoms with Gasteiger partial charge in [-0.2, -0.15) is 0 Å². The van der Waals surface area contributed by atoms with E-state index >= 15 is 0 Å². The van der Waals surface area contributed by atoms with Gasteiger partial charge in [-0.1, -0.05) is 0 Å². The molecule has 1 N–H and O–H groups in total. The van der Waals surface area contributed by atoms with Gasteiger partial charge in [0.15, 0.2) is 0 Å². The highest BCUT2D eigenvalue weighted by Crippen LogP contribution is 2.28. The molecule has 102 valence electrons. The Morgan fingerprint density at radius 2 is 2.00 bits per heavy atom. The molecule has 0 radical (unpaired) electrons. The molecule has 2 aliphatic rings. The predicted octanol–water partition coefficient (Wildman–Crippen LogP) is 0.974. The highest BCUT2D eigenvalue weighted by Gasteiger charge is 2.30. The first kappa shape index (κ1) is 13.7. The molecule has 6 heteroatoms. The van der Waals surface area contributed by atoms with Crippen LogP contribution >= 0.6 is 11.8 Å². The number of carboxylic acid groups (broad SMARTS) is 1. The van der Waals surface area contributed by atoms with E-state index in [1.54, 1.807) is 11.8 Å². The summed E-state index contributed by atoms with van der Waals surface area (Å²) in [5, 5.41) is 8.69. The molecule has 1 unspecified atom stereocenters. The summed E-state index contributed by atoms with van der Waals surface area (Å²) in [7, 11) is 0. The molecule has 1 amide bonds. The maximum absolute atomic E-state index is 12.1. The van der Waals surface area contributed by atoms with Gasteiger partial charge in [0, 0.05) is 13.1 Å². The number of thioether (sulfide) groups is 1. The Morgan fingerprint density at radius 1 is 1.28 bits per heavy atom. The van der Waals surface area contributed by atoms with Gasteiger partial charge in [-0.15, -0.1) is 11.8 Å². The van der Waals surface area contributed by atoms with Crippen molar-refractivity contribution in [3.05, 3.63) is 0 Å². The Bertz CT molecular complexity index is 309. The quantitative estimate of drug-likeness (QED) is 0.827. The molecule has 0 bridgehead atoms. The van der Waals surface area contributed by atoms with Gasteiger partial charge >= 0.3 is 5.97 Å². The van der Waals surface area contributed by atoms with Crippen LogP contribution in [0.3, 0.4) is 0 Å². The summed E-state index contributed by atoms with van der Waals surface area (Å²) in [6.07, 6.45) is 3.62. The van der Waals surface area contributed by atoms with Gasteiger partial charge in [0.05, 0.1) is 11.4 Å². The van der Waals surface area contributed by atoms with Crippen LogP contribution in [0.5, 0.6) is 0 Å². The first-order chi connectivity index (χ1) is 8.66. The molecule has 2 fully saturated rings. The average Bonchev–Trinajstić information content (AvgIpc) is 2.90. The molecule has 18 heavy (non-hydrogen) atoms. The highest BCUT2D eigenvalue weighted by atomic mass is 32.2. The Balaban J connectivity index is 1.72. The van der Waals surface area contributed by atoms with Crippen LogP contribution in [0.25, 0.3) is 0 Å². The van der Waals surface area contributed by atoms with Crippen LogP contribution < -0.4 is 0 Å². The van der Waals surface area contributed by atoms with Crippen molar-refractivity contribution in [1.82, 2.24) is 4.90 Å². The Kier molecular flexibility index (Phi) is 4.88. The van der Waals surface area contributed by atoms with E-state index in [-0.39, 0.29) is 23.9 Å². The van der Waals surface area contributed by atoms with Crippen molar-refractivity contribution in [3.63, 3.8) is 0 Å². The fourth-order valence-corrected chi connectivity index (χ4v) is 3.65. The second-order valence-electron chi connectivity index (χ2n) is 4.73. The number of likely N-dealkylation sites (tertiary alicyclic amines) is 1. The lowest BCUT2D eigenvalue weighted by Crippen LogP contribution is -2.44. The normalized spacial score (nSPS) is 25.3. The molecule has 2 aliphatic heterocycles. The van der Waals surface area contributed by atoms with Crippen molar-refractivity contribution in [1.29, 1.82) is 0 Å². The van der Waals surface area contributed by atoms with Crippen LogP contribution in [0.2, 0.25) is 0 Å². The monoisotopic (exact) mass is 273 g/mol. The van der Waals surface area contributed by atoms with Crippen molar-refractivity contribution in [2.75, 3.05) is 25.4 Å². The number of piperidine rings is 1. The SMILES string of the molecule is O=C(O)COC1CCN(C(=O)C2CCCS2)CC1. The number of amides is 1. The maximum atomic E-state index is 12.1. The topological polar surface area (TPSA) is 66.8 Å². The van der Waals surface area contributed by atoms with Gasteiger partial charge in [0.2, 0.25) is 5.91 Å². The molecular formula is C12H19NO4S. The second kappa shape index (κ2) is 6.43. The lowest BCUT2D eigenvalue weighted by molar-refractivity contribution is -0.146. The van der Waals surface area contributed by atoms with Crippen LogP contribution in [-0.4, -0.2) is 58.7 Å². The zero-order valence-corrected chi connectivity index (χ0v) is 11.2. The zero-order valence-electron chi connectivity index (χ0n) is 10.3. The minimum atomic E-state index is -0.934. The maximum Gasteiger partial charge on any atom is 0.329 e. The molecule has 2 saturated heterocycles. The van der Waals surface area contributed by atoms with Crippen LogP contribution in [-0.2, 0) is 14.3 Å². The van der Waals surface area contributed by atoms with E-state index in [9.17, 15) is 9.59 Å². The number of carbonyl (C=O) groups excluding carboxylic acids is 1.